The molecule has 2 heterocycles. The number of rotatable bonds is 1. The summed E-state index contributed by atoms with van der Waals surface area (Å²) in [6.07, 6.45) is 0. The molecule has 0 spiro atoms. The second-order valence-corrected chi connectivity index (χ2v) is 4.74. The largest absolute Gasteiger partial charge is 0.228 e. The Kier molecular flexibility index (Phi) is 2.26. The van der Waals surface area contributed by atoms with Gasteiger partial charge >= 0.3 is 0 Å². The Bertz CT molecular complexity index is 912. The zero-order valence-electron chi connectivity index (χ0n) is 10.9. The molecule has 96 valence electrons. The predicted octanol–water partition coefficient (Wildman–Crippen LogP) is 2.65. The van der Waals surface area contributed by atoms with Crippen molar-refractivity contribution in [1.82, 2.24) is 25.0 Å². The van der Waals surface area contributed by atoms with E-state index in [-0.39, 0.29) is 0 Å². The van der Waals surface area contributed by atoms with Gasteiger partial charge in [-0.2, -0.15) is 4.52 Å². The average molecular weight is 261 g/mol. The van der Waals surface area contributed by atoms with Crippen LogP contribution < -0.4 is 0 Å². The maximum Gasteiger partial charge on any atom is 0.191 e. The summed E-state index contributed by atoms with van der Waals surface area (Å²) in [4.78, 5) is 4.71. The molecule has 0 aliphatic rings. The quantitative estimate of drug-likeness (QED) is 0.528. The van der Waals surface area contributed by atoms with E-state index in [0.717, 1.165) is 33.5 Å². The molecule has 0 saturated heterocycles. The van der Waals surface area contributed by atoms with E-state index in [1.807, 2.05) is 49.4 Å². The van der Waals surface area contributed by atoms with Gasteiger partial charge in [0.05, 0.1) is 5.52 Å². The van der Waals surface area contributed by atoms with Gasteiger partial charge in [0.25, 0.3) is 0 Å². The highest BCUT2D eigenvalue weighted by Crippen LogP contribution is 2.23. The zero-order valence-corrected chi connectivity index (χ0v) is 10.9. The van der Waals surface area contributed by atoms with Crippen LogP contribution in [-0.2, 0) is 0 Å². The SMILES string of the molecule is Cc1ccc2nc(-c3ccccc3)n3nnnc3c2c1. The van der Waals surface area contributed by atoms with E-state index in [1.165, 1.54) is 0 Å². The van der Waals surface area contributed by atoms with Crippen molar-refractivity contribution >= 4 is 16.6 Å². The van der Waals surface area contributed by atoms with E-state index in [4.69, 9.17) is 4.98 Å². The number of nitrogens with zero attached hydrogens (tertiary/aromatic N) is 5. The first-order valence-electron chi connectivity index (χ1n) is 6.37. The van der Waals surface area contributed by atoms with E-state index in [2.05, 4.69) is 21.6 Å². The minimum absolute atomic E-state index is 0.734. The third kappa shape index (κ3) is 1.56. The van der Waals surface area contributed by atoms with Crippen LogP contribution in [0.2, 0.25) is 0 Å². The van der Waals surface area contributed by atoms with Crippen LogP contribution in [0.4, 0.5) is 0 Å². The molecule has 0 unspecified atom stereocenters. The van der Waals surface area contributed by atoms with E-state index < -0.39 is 0 Å². The molecule has 4 aromatic rings. The number of aromatic nitrogens is 5. The van der Waals surface area contributed by atoms with Gasteiger partial charge in [-0.15, -0.1) is 5.10 Å². The molecule has 20 heavy (non-hydrogen) atoms. The fourth-order valence-electron chi connectivity index (χ4n) is 2.36. The minimum atomic E-state index is 0.734. The summed E-state index contributed by atoms with van der Waals surface area (Å²) >= 11 is 0. The van der Waals surface area contributed by atoms with Crippen molar-refractivity contribution in [3.63, 3.8) is 0 Å². The zero-order chi connectivity index (χ0) is 13.5. The van der Waals surface area contributed by atoms with E-state index in [1.54, 1.807) is 4.52 Å². The van der Waals surface area contributed by atoms with Gasteiger partial charge in [-0.25, -0.2) is 4.98 Å². The van der Waals surface area contributed by atoms with Gasteiger partial charge < -0.3 is 0 Å². The lowest BCUT2D eigenvalue weighted by Crippen LogP contribution is -1.99. The highest BCUT2D eigenvalue weighted by molar-refractivity contribution is 5.93. The Hall–Kier alpha value is -2.82. The van der Waals surface area contributed by atoms with Crippen molar-refractivity contribution in [2.45, 2.75) is 6.92 Å². The summed E-state index contributed by atoms with van der Waals surface area (Å²) in [6, 6.07) is 16.1. The number of tetrazole rings is 1. The van der Waals surface area contributed by atoms with Gasteiger partial charge in [-0.05, 0) is 29.5 Å². The summed E-state index contributed by atoms with van der Waals surface area (Å²) in [5.74, 6) is 0.752. The smallest absolute Gasteiger partial charge is 0.191 e. The fourth-order valence-corrected chi connectivity index (χ4v) is 2.36. The van der Waals surface area contributed by atoms with Crippen molar-refractivity contribution in [2.24, 2.45) is 0 Å². The number of fused-ring (bicyclic) bond motifs is 3. The van der Waals surface area contributed by atoms with Gasteiger partial charge in [0, 0.05) is 10.9 Å². The van der Waals surface area contributed by atoms with Crippen molar-refractivity contribution in [2.75, 3.05) is 0 Å². The molecule has 0 radical (unpaired) electrons. The lowest BCUT2D eigenvalue weighted by atomic mass is 10.1. The number of hydrogen-bond acceptors (Lipinski definition) is 4. The summed E-state index contributed by atoms with van der Waals surface area (Å²) in [7, 11) is 0. The van der Waals surface area contributed by atoms with Gasteiger partial charge in [0.15, 0.2) is 11.5 Å². The van der Waals surface area contributed by atoms with Crippen LogP contribution in [0.5, 0.6) is 0 Å². The maximum atomic E-state index is 4.71. The first-order valence-corrected chi connectivity index (χ1v) is 6.37. The standard InChI is InChI=1S/C15H11N5/c1-10-7-8-13-12(9-10)15-17-18-19-20(15)14(16-13)11-5-3-2-4-6-11/h2-9H,1H3. The average Bonchev–Trinajstić information content (AvgIpc) is 2.97. The molecular weight excluding hydrogens is 250 g/mol. The molecular formula is C15H11N5. The molecule has 2 aromatic heterocycles. The fraction of sp³-hybridized carbons (Fsp3) is 0.0667. The second-order valence-electron chi connectivity index (χ2n) is 4.74. The van der Waals surface area contributed by atoms with Gasteiger partial charge in [-0.3, -0.25) is 0 Å². The van der Waals surface area contributed by atoms with Crippen LogP contribution in [0.3, 0.4) is 0 Å². The molecule has 2 aromatic carbocycles. The summed E-state index contributed by atoms with van der Waals surface area (Å²) < 4.78 is 1.69. The number of benzene rings is 2. The molecule has 0 aliphatic carbocycles. The van der Waals surface area contributed by atoms with Crippen molar-refractivity contribution in [3.05, 3.63) is 54.1 Å². The van der Waals surface area contributed by atoms with Crippen molar-refractivity contribution in [3.8, 4) is 11.4 Å². The molecule has 0 saturated carbocycles. The third-order valence-corrected chi connectivity index (χ3v) is 3.32. The normalized spacial score (nSPS) is 11.2. The van der Waals surface area contributed by atoms with Crippen LogP contribution in [0, 0.1) is 6.92 Å². The lowest BCUT2D eigenvalue weighted by Gasteiger charge is -2.06. The highest BCUT2D eigenvalue weighted by Gasteiger charge is 2.12. The van der Waals surface area contributed by atoms with E-state index in [9.17, 15) is 0 Å². The topological polar surface area (TPSA) is 56.0 Å². The minimum Gasteiger partial charge on any atom is -0.228 e. The van der Waals surface area contributed by atoms with Crippen LogP contribution in [0.25, 0.3) is 27.9 Å². The third-order valence-electron chi connectivity index (χ3n) is 3.32. The molecule has 0 atom stereocenters. The summed E-state index contributed by atoms with van der Waals surface area (Å²) in [6.45, 7) is 2.05. The van der Waals surface area contributed by atoms with E-state index >= 15 is 0 Å². The first kappa shape index (κ1) is 11.0. The summed E-state index contributed by atoms with van der Waals surface area (Å²) in [5.41, 5.74) is 3.79. The Morgan fingerprint density at radius 3 is 2.70 bits per heavy atom. The highest BCUT2D eigenvalue weighted by atomic mass is 15.5. The van der Waals surface area contributed by atoms with Gasteiger partial charge in [0.1, 0.15) is 0 Å². The van der Waals surface area contributed by atoms with Crippen LogP contribution in [0.15, 0.2) is 48.5 Å². The Labute approximate surface area is 114 Å². The Morgan fingerprint density at radius 1 is 1.00 bits per heavy atom. The molecule has 0 amide bonds. The van der Waals surface area contributed by atoms with E-state index in [0.29, 0.717) is 0 Å². The van der Waals surface area contributed by atoms with Crippen LogP contribution in [-0.4, -0.2) is 25.0 Å². The van der Waals surface area contributed by atoms with Gasteiger partial charge in [0.2, 0.25) is 0 Å². The molecule has 4 rings (SSSR count). The predicted molar refractivity (Wildman–Crippen MR) is 76.3 cm³/mol. The monoisotopic (exact) mass is 261 g/mol. The molecule has 0 bridgehead atoms. The number of hydrogen-bond donors (Lipinski definition) is 0. The van der Waals surface area contributed by atoms with Crippen molar-refractivity contribution in [1.29, 1.82) is 0 Å². The number of aryl methyl sites for hydroxylation is 1. The second kappa shape index (κ2) is 4.09. The molecule has 0 aliphatic heterocycles. The lowest BCUT2D eigenvalue weighted by molar-refractivity contribution is 0.819. The molecule has 5 heteroatoms. The maximum absolute atomic E-state index is 4.71. The van der Waals surface area contributed by atoms with Crippen LogP contribution >= 0.6 is 0 Å². The Morgan fingerprint density at radius 2 is 1.85 bits per heavy atom. The molecule has 0 fully saturated rings. The summed E-state index contributed by atoms with van der Waals surface area (Å²) in [5, 5.41) is 13.0. The Balaban J connectivity index is 2.15. The molecule has 0 N–H and O–H groups in total. The molecule has 5 nitrogen and oxygen atoms in total. The van der Waals surface area contributed by atoms with Gasteiger partial charge in [-0.1, -0.05) is 42.0 Å². The first-order chi connectivity index (χ1) is 9.83. The van der Waals surface area contributed by atoms with Crippen molar-refractivity contribution < 1.29 is 0 Å². The van der Waals surface area contributed by atoms with Crippen LogP contribution in [0.1, 0.15) is 5.56 Å².